The first-order valence-electron chi connectivity index (χ1n) is 11.9. The molecule has 10 nitrogen and oxygen atoms in total. The number of nitriles is 1. The van der Waals surface area contributed by atoms with Crippen molar-refractivity contribution < 1.29 is 14.6 Å². The zero-order chi connectivity index (χ0) is 25.1. The summed E-state index contributed by atoms with van der Waals surface area (Å²) in [7, 11) is 0. The lowest BCUT2D eigenvalue weighted by Gasteiger charge is -2.27. The van der Waals surface area contributed by atoms with Gasteiger partial charge < -0.3 is 19.9 Å². The zero-order valence-electron chi connectivity index (χ0n) is 20.2. The standard InChI is InChI=1S/C26H27N7O3/c1-16-11-24(30-17(2)29-16)31-25-13-19-12-18(7-9-33(19)32-25)22-14-26(35-10-8-27)28-15-23(22)36-21-5-3-20(34)4-6-21/h7,9,11-15,20-21,34H,3-6,10H2,1-2H3,(H,29,30,31,32). The number of aliphatic hydroxyl groups is 1. The number of fused-ring (bicyclic) bond motifs is 1. The minimum atomic E-state index is -0.258. The molecule has 0 unspecified atom stereocenters. The highest BCUT2D eigenvalue weighted by Crippen LogP contribution is 2.35. The van der Waals surface area contributed by atoms with Gasteiger partial charge in [-0.2, -0.15) is 10.4 Å². The van der Waals surface area contributed by atoms with Crippen LogP contribution >= 0.6 is 0 Å². The lowest BCUT2D eigenvalue weighted by atomic mass is 9.95. The van der Waals surface area contributed by atoms with Gasteiger partial charge in [0.2, 0.25) is 5.88 Å². The summed E-state index contributed by atoms with van der Waals surface area (Å²) in [4.78, 5) is 13.1. The first kappa shape index (κ1) is 23.5. The Balaban J connectivity index is 1.45. The van der Waals surface area contributed by atoms with Gasteiger partial charge in [-0.1, -0.05) is 0 Å². The van der Waals surface area contributed by atoms with Gasteiger partial charge in [0.05, 0.1) is 23.9 Å². The van der Waals surface area contributed by atoms with Gasteiger partial charge in [-0.3, -0.25) is 0 Å². The van der Waals surface area contributed by atoms with E-state index in [9.17, 15) is 5.11 Å². The van der Waals surface area contributed by atoms with E-state index in [0.29, 0.717) is 29.1 Å². The summed E-state index contributed by atoms with van der Waals surface area (Å²) in [5.74, 6) is 3.02. The molecule has 1 aliphatic carbocycles. The van der Waals surface area contributed by atoms with E-state index in [1.165, 1.54) is 0 Å². The second kappa shape index (κ2) is 10.2. The molecule has 184 valence electrons. The number of nitrogens with zero attached hydrogens (tertiary/aromatic N) is 6. The van der Waals surface area contributed by atoms with E-state index >= 15 is 0 Å². The van der Waals surface area contributed by atoms with E-state index in [0.717, 1.165) is 48.0 Å². The molecule has 5 rings (SSSR count). The molecule has 1 fully saturated rings. The van der Waals surface area contributed by atoms with E-state index in [-0.39, 0.29) is 18.8 Å². The van der Waals surface area contributed by atoms with E-state index in [4.69, 9.17) is 14.7 Å². The summed E-state index contributed by atoms with van der Waals surface area (Å²) in [5.41, 5.74) is 3.46. The second-order valence-electron chi connectivity index (χ2n) is 8.90. The maximum absolute atomic E-state index is 9.84. The number of aliphatic hydroxyl groups excluding tert-OH is 1. The topological polar surface area (TPSA) is 130 Å². The largest absolute Gasteiger partial charge is 0.488 e. The van der Waals surface area contributed by atoms with Crippen LogP contribution in [0.3, 0.4) is 0 Å². The third kappa shape index (κ3) is 5.37. The average Bonchev–Trinajstić information content (AvgIpc) is 3.25. The Kier molecular flexibility index (Phi) is 6.64. The van der Waals surface area contributed by atoms with Crippen LogP contribution in [0.4, 0.5) is 11.6 Å². The van der Waals surface area contributed by atoms with Gasteiger partial charge in [0.25, 0.3) is 0 Å². The molecule has 0 aliphatic heterocycles. The summed E-state index contributed by atoms with van der Waals surface area (Å²) >= 11 is 0. The van der Waals surface area contributed by atoms with Crippen LogP contribution in [-0.4, -0.2) is 48.5 Å². The molecular formula is C26H27N7O3. The van der Waals surface area contributed by atoms with Crippen LogP contribution in [0.15, 0.2) is 42.7 Å². The maximum atomic E-state index is 9.84. The van der Waals surface area contributed by atoms with Crippen molar-refractivity contribution in [2.24, 2.45) is 0 Å². The van der Waals surface area contributed by atoms with Gasteiger partial charge in [-0.25, -0.2) is 19.5 Å². The average molecular weight is 486 g/mol. The highest BCUT2D eigenvalue weighted by Gasteiger charge is 2.22. The Morgan fingerprint density at radius 1 is 1.11 bits per heavy atom. The Bertz CT molecular complexity index is 1400. The lowest BCUT2D eigenvalue weighted by molar-refractivity contribution is 0.0666. The fraction of sp³-hybridized carbons (Fsp3) is 0.346. The van der Waals surface area contributed by atoms with Crippen LogP contribution in [0.5, 0.6) is 11.6 Å². The highest BCUT2D eigenvalue weighted by molar-refractivity contribution is 5.75. The number of rotatable bonds is 7. The molecule has 4 heterocycles. The van der Waals surface area contributed by atoms with Crippen LogP contribution in [0.1, 0.15) is 37.2 Å². The summed E-state index contributed by atoms with van der Waals surface area (Å²) in [5, 5.41) is 26.6. The second-order valence-corrected chi connectivity index (χ2v) is 8.90. The van der Waals surface area contributed by atoms with E-state index in [1.54, 1.807) is 16.8 Å². The van der Waals surface area contributed by atoms with Crippen molar-refractivity contribution in [1.29, 1.82) is 5.26 Å². The monoisotopic (exact) mass is 485 g/mol. The normalized spacial score (nSPS) is 17.5. The molecule has 0 aromatic carbocycles. The SMILES string of the molecule is Cc1cc(Nc2cc3cc(-c4cc(OCC#N)ncc4OC4CCC(O)CC4)ccn3n2)nc(C)n1. The van der Waals surface area contributed by atoms with E-state index in [1.807, 2.05) is 50.4 Å². The number of hydrogen-bond acceptors (Lipinski definition) is 9. The van der Waals surface area contributed by atoms with E-state index in [2.05, 4.69) is 25.4 Å². The number of ether oxygens (including phenoxy) is 2. The van der Waals surface area contributed by atoms with Crippen LogP contribution < -0.4 is 14.8 Å². The van der Waals surface area contributed by atoms with Gasteiger partial charge in [0, 0.05) is 35.7 Å². The molecule has 2 N–H and O–H groups in total. The zero-order valence-corrected chi connectivity index (χ0v) is 20.2. The molecule has 0 amide bonds. The van der Waals surface area contributed by atoms with Gasteiger partial charge in [0.1, 0.15) is 23.5 Å². The van der Waals surface area contributed by atoms with Gasteiger partial charge >= 0.3 is 0 Å². The van der Waals surface area contributed by atoms with Crippen LogP contribution in [0.25, 0.3) is 16.6 Å². The Morgan fingerprint density at radius 2 is 1.94 bits per heavy atom. The fourth-order valence-electron chi connectivity index (χ4n) is 4.41. The van der Waals surface area contributed by atoms with Crippen molar-refractivity contribution in [2.75, 3.05) is 11.9 Å². The molecule has 36 heavy (non-hydrogen) atoms. The predicted molar refractivity (Wildman–Crippen MR) is 133 cm³/mol. The smallest absolute Gasteiger partial charge is 0.215 e. The molecular weight excluding hydrogens is 458 g/mol. The van der Waals surface area contributed by atoms with Crippen molar-refractivity contribution in [3.05, 3.63) is 54.2 Å². The summed E-state index contributed by atoms with van der Waals surface area (Å²) < 4.78 is 13.6. The molecule has 4 aromatic heterocycles. The van der Waals surface area contributed by atoms with Gasteiger partial charge in [-0.05, 0) is 57.2 Å². The quantitative estimate of drug-likeness (QED) is 0.397. The number of aromatic nitrogens is 5. The number of pyridine rings is 2. The number of aryl methyl sites for hydroxylation is 2. The molecule has 0 spiro atoms. The van der Waals surface area contributed by atoms with Gasteiger partial charge in [0.15, 0.2) is 12.4 Å². The summed E-state index contributed by atoms with van der Waals surface area (Å²) in [6.45, 7) is 3.69. The number of hydrogen-bond donors (Lipinski definition) is 2. The Labute approximate surface area is 208 Å². The van der Waals surface area contributed by atoms with Crippen LogP contribution in [-0.2, 0) is 0 Å². The van der Waals surface area contributed by atoms with Crippen molar-refractivity contribution in [3.8, 4) is 28.8 Å². The molecule has 0 radical (unpaired) electrons. The molecule has 10 heteroatoms. The summed E-state index contributed by atoms with van der Waals surface area (Å²) in [6, 6.07) is 11.5. The van der Waals surface area contributed by atoms with Crippen molar-refractivity contribution in [2.45, 2.75) is 51.7 Å². The van der Waals surface area contributed by atoms with Crippen molar-refractivity contribution in [1.82, 2.24) is 24.6 Å². The van der Waals surface area contributed by atoms with Crippen molar-refractivity contribution >= 4 is 17.2 Å². The summed E-state index contributed by atoms with van der Waals surface area (Å²) in [6.07, 6.45) is 6.28. The Hall–Kier alpha value is -4.23. The van der Waals surface area contributed by atoms with E-state index < -0.39 is 0 Å². The molecule has 4 aromatic rings. The molecule has 0 saturated heterocycles. The lowest BCUT2D eigenvalue weighted by Crippen LogP contribution is -2.26. The minimum absolute atomic E-state index is 0.00843. The van der Waals surface area contributed by atoms with Crippen LogP contribution in [0.2, 0.25) is 0 Å². The first-order chi connectivity index (χ1) is 17.5. The molecule has 1 saturated carbocycles. The number of nitrogens with one attached hydrogen (secondary N) is 1. The predicted octanol–water partition coefficient (Wildman–Crippen LogP) is 4.13. The fourth-order valence-corrected chi connectivity index (χ4v) is 4.41. The van der Waals surface area contributed by atoms with Gasteiger partial charge in [-0.15, -0.1) is 0 Å². The highest BCUT2D eigenvalue weighted by atomic mass is 16.5. The first-order valence-corrected chi connectivity index (χ1v) is 11.9. The molecule has 0 atom stereocenters. The maximum Gasteiger partial charge on any atom is 0.215 e. The van der Waals surface area contributed by atoms with Crippen LogP contribution in [0, 0.1) is 25.2 Å². The minimum Gasteiger partial charge on any atom is -0.488 e. The third-order valence-electron chi connectivity index (χ3n) is 6.06. The third-order valence-corrected chi connectivity index (χ3v) is 6.06. The molecule has 0 bridgehead atoms. The number of anilines is 2. The van der Waals surface area contributed by atoms with Crippen molar-refractivity contribution in [3.63, 3.8) is 0 Å². The Morgan fingerprint density at radius 3 is 2.72 bits per heavy atom. The molecule has 1 aliphatic rings.